The second-order valence-electron chi connectivity index (χ2n) is 7.26. The van der Waals surface area contributed by atoms with Crippen molar-refractivity contribution in [3.05, 3.63) is 35.4 Å². The summed E-state index contributed by atoms with van der Waals surface area (Å²) in [7, 11) is 0. The molecule has 1 atom stereocenters. The van der Waals surface area contributed by atoms with Crippen LogP contribution in [0.2, 0.25) is 0 Å². The number of hydrogen-bond acceptors (Lipinski definition) is 4. The molecule has 2 rings (SSSR count). The van der Waals surface area contributed by atoms with Crippen molar-refractivity contribution in [2.75, 3.05) is 19.6 Å². The molecule has 0 radical (unpaired) electrons. The summed E-state index contributed by atoms with van der Waals surface area (Å²) in [6.45, 7) is 10.5. The van der Waals surface area contributed by atoms with Crippen LogP contribution in [0.15, 0.2) is 24.3 Å². The fraction of sp³-hybridized carbons (Fsp3) is 0.556. The van der Waals surface area contributed by atoms with E-state index in [0.29, 0.717) is 12.1 Å². The van der Waals surface area contributed by atoms with Crippen molar-refractivity contribution in [3.63, 3.8) is 0 Å². The molecule has 24 heavy (non-hydrogen) atoms. The summed E-state index contributed by atoms with van der Waals surface area (Å²) in [5.41, 5.74) is 0.875. The van der Waals surface area contributed by atoms with Gasteiger partial charge in [-0.2, -0.15) is 0 Å². The van der Waals surface area contributed by atoms with Gasteiger partial charge in [-0.15, -0.1) is 0 Å². The number of amides is 1. The first kappa shape index (κ1) is 18.3. The van der Waals surface area contributed by atoms with E-state index >= 15 is 0 Å². The first-order valence-electron chi connectivity index (χ1n) is 8.20. The molecule has 1 fully saturated rings. The van der Waals surface area contributed by atoms with Gasteiger partial charge in [0.15, 0.2) is 0 Å². The molecule has 1 aliphatic heterocycles. The Bertz CT molecular complexity index is 592. The molecule has 1 aromatic carbocycles. The molecule has 0 spiro atoms. The van der Waals surface area contributed by atoms with Crippen LogP contribution >= 0.6 is 0 Å². The Labute approximate surface area is 143 Å². The highest BCUT2D eigenvalue weighted by atomic mass is 16.6. The summed E-state index contributed by atoms with van der Waals surface area (Å²) in [5, 5.41) is 8.93. The minimum absolute atomic E-state index is 0.0758. The van der Waals surface area contributed by atoms with Gasteiger partial charge in [0, 0.05) is 32.2 Å². The molecular weight excluding hydrogens is 308 g/mol. The van der Waals surface area contributed by atoms with Crippen LogP contribution in [0.4, 0.5) is 4.79 Å². The number of hydrogen-bond donors (Lipinski definition) is 1. The SMILES string of the molecule is CC1CN(Cc2ccc(C(=O)O)cc2)CCN1C(=O)OC(C)(C)C. The summed E-state index contributed by atoms with van der Waals surface area (Å²) < 4.78 is 5.45. The minimum Gasteiger partial charge on any atom is -0.478 e. The predicted octanol–water partition coefficient (Wildman–Crippen LogP) is 2.83. The monoisotopic (exact) mass is 334 g/mol. The summed E-state index contributed by atoms with van der Waals surface area (Å²) in [6.07, 6.45) is -0.263. The molecule has 1 unspecified atom stereocenters. The lowest BCUT2D eigenvalue weighted by molar-refractivity contribution is 0.000553. The number of rotatable bonds is 3. The third-order valence-corrected chi connectivity index (χ3v) is 3.95. The molecule has 0 bridgehead atoms. The normalized spacial score (nSPS) is 19.2. The average molecular weight is 334 g/mol. The molecule has 1 aromatic rings. The van der Waals surface area contributed by atoms with Crippen molar-refractivity contribution in [1.29, 1.82) is 0 Å². The van der Waals surface area contributed by atoms with Gasteiger partial charge >= 0.3 is 12.1 Å². The average Bonchev–Trinajstić information content (AvgIpc) is 2.46. The Kier molecular flexibility index (Phi) is 5.49. The van der Waals surface area contributed by atoms with E-state index in [1.54, 1.807) is 17.0 Å². The zero-order valence-electron chi connectivity index (χ0n) is 14.8. The molecular formula is C18H26N2O4. The van der Waals surface area contributed by atoms with Gasteiger partial charge in [0.2, 0.25) is 0 Å². The predicted molar refractivity (Wildman–Crippen MR) is 91.1 cm³/mol. The largest absolute Gasteiger partial charge is 0.478 e. The molecule has 132 valence electrons. The molecule has 1 N–H and O–H groups in total. The summed E-state index contributed by atoms with van der Waals surface area (Å²) >= 11 is 0. The van der Waals surface area contributed by atoms with Crippen LogP contribution in [-0.4, -0.2) is 58.2 Å². The molecule has 1 heterocycles. The molecule has 1 amide bonds. The number of ether oxygens (including phenoxy) is 1. The molecule has 0 saturated carbocycles. The van der Waals surface area contributed by atoms with Crippen LogP contribution in [0, 0.1) is 0 Å². The van der Waals surface area contributed by atoms with Gasteiger partial charge in [-0.1, -0.05) is 12.1 Å². The fourth-order valence-electron chi connectivity index (χ4n) is 2.78. The third kappa shape index (κ3) is 4.96. The van der Waals surface area contributed by atoms with Crippen molar-refractivity contribution in [2.45, 2.75) is 45.9 Å². The topological polar surface area (TPSA) is 70.1 Å². The number of carbonyl (C=O) groups is 2. The standard InChI is InChI=1S/C18H26N2O4/c1-13-11-19(9-10-20(13)17(23)24-18(2,3)4)12-14-5-7-15(8-6-14)16(21)22/h5-8,13H,9-12H2,1-4H3,(H,21,22). The maximum atomic E-state index is 12.2. The van der Waals surface area contributed by atoms with Gasteiger partial charge < -0.3 is 14.7 Å². The Morgan fingerprint density at radius 2 is 1.83 bits per heavy atom. The highest BCUT2D eigenvalue weighted by molar-refractivity contribution is 5.87. The molecule has 6 heteroatoms. The van der Waals surface area contributed by atoms with Crippen molar-refractivity contribution in [3.8, 4) is 0 Å². The van der Waals surface area contributed by atoms with Gasteiger partial charge in [-0.25, -0.2) is 9.59 Å². The number of carbonyl (C=O) groups excluding carboxylic acids is 1. The van der Waals surface area contributed by atoms with Gasteiger partial charge in [0.25, 0.3) is 0 Å². The van der Waals surface area contributed by atoms with Gasteiger partial charge in [0.1, 0.15) is 5.60 Å². The van der Waals surface area contributed by atoms with Crippen LogP contribution in [0.25, 0.3) is 0 Å². The van der Waals surface area contributed by atoms with E-state index in [9.17, 15) is 9.59 Å². The Hall–Kier alpha value is -2.08. The Balaban J connectivity index is 1.91. The second kappa shape index (κ2) is 7.21. The number of aromatic carboxylic acids is 1. The Morgan fingerprint density at radius 1 is 1.21 bits per heavy atom. The van der Waals surface area contributed by atoms with Crippen LogP contribution in [0.5, 0.6) is 0 Å². The minimum atomic E-state index is -0.916. The van der Waals surface area contributed by atoms with E-state index < -0.39 is 11.6 Å². The highest BCUT2D eigenvalue weighted by Gasteiger charge is 2.30. The van der Waals surface area contributed by atoms with Crippen LogP contribution in [0.1, 0.15) is 43.6 Å². The van der Waals surface area contributed by atoms with Gasteiger partial charge in [0.05, 0.1) is 5.56 Å². The number of carboxylic acid groups (broad SMARTS) is 1. The first-order valence-corrected chi connectivity index (χ1v) is 8.20. The van der Waals surface area contributed by atoms with E-state index in [0.717, 1.165) is 25.2 Å². The lowest BCUT2D eigenvalue weighted by Crippen LogP contribution is -2.54. The quantitative estimate of drug-likeness (QED) is 0.920. The lowest BCUT2D eigenvalue weighted by Gasteiger charge is -2.40. The molecule has 0 aromatic heterocycles. The third-order valence-electron chi connectivity index (χ3n) is 3.95. The maximum Gasteiger partial charge on any atom is 0.410 e. The molecule has 0 aliphatic carbocycles. The van der Waals surface area contributed by atoms with Crippen molar-refractivity contribution < 1.29 is 19.4 Å². The first-order chi connectivity index (χ1) is 11.2. The molecule has 1 saturated heterocycles. The van der Waals surface area contributed by atoms with Crippen LogP contribution < -0.4 is 0 Å². The number of piperazine rings is 1. The van der Waals surface area contributed by atoms with Crippen molar-refractivity contribution in [1.82, 2.24) is 9.80 Å². The van der Waals surface area contributed by atoms with E-state index in [1.807, 2.05) is 39.8 Å². The smallest absolute Gasteiger partial charge is 0.410 e. The summed E-state index contributed by atoms with van der Waals surface area (Å²) in [5.74, 6) is -0.916. The highest BCUT2D eigenvalue weighted by Crippen LogP contribution is 2.17. The fourth-order valence-corrected chi connectivity index (χ4v) is 2.78. The van der Waals surface area contributed by atoms with Gasteiger partial charge in [-0.05, 0) is 45.4 Å². The van der Waals surface area contributed by atoms with Crippen LogP contribution in [0.3, 0.4) is 0 Å². The van der Waals surface area contributed by atoms with E-state index in [4.69, 9.17) is 9.84 Å². The lowest BCUT2D eigenvalue weighted by atomic mass is 10.1. The molecule has 1 aliphatic rings. The number of nitrogens with zero attached hydrogens (tertiary/aromatic N) is 2. The zero-order valence-corrected chi connectivity index (χ0v) is 14.8. The number of carboxylic acids is 1. The second-order valence-corrected chi connectivity index (χ2v) is 7.26. The van der Waals surface area contributed by atoms with Crippen molar-refractivity contribution in [2.24, 2.45) is 0 Å². The Morgan fingerprint density at radius 3 is 2.33 bits per heavy atom. The van der Waals surface area contributed by atoms with Crippen molar-refractivity contribution >= 4 is 12.1 Å². The molecule has 6 nitrogen and oxygen atoms in total. The van der Waals surface area contributed by atoms with Gasteiger partial charge in [-0.3, -0.25) is 4.90 Å². The van der Waals surface area contributed by atoms with Crippen LogP contribution in [-0.2, 0) is 11.3 Å². The summed E-state index contributed by atoms with van der Waals surface area (Å²) in [4.78, 5) is 27.1. The maximum absolute atomic E-state index is 12.2. The zero-order chi connectivity index (χ0) is 17.9. The number of benzene rings is 1. The van der Waals surface area contributed by atoms with E-state index in [1.165, 1.54) is 0 Å². The van der Waals surface area contributed by atoms with E-state index in [-0.39, 0.29) is 12.1 Å². The summed E-state index contributed by atoms with van der Waals surface area (Å²) in [6, 6.07) is 7.01. The van der Waals surface area contributed by atoms with E-state index in [2.05, 4.69) is 4.90 Å².